The van der Waals surface area contributed by atoms with Crippen LogP contribution in [-0.4, -0.2) is 12.6 Å². The average Bonchev–Trinajstić information content (AvgIpc) is 2.77. The highest BCUT2D eigenvalue weighted by Crippen LogP contribution is 2.47. The van der Waals surface area contributed by atoms with Crippen LogP contribution in [0.4, 0.5) is 0 Å². The summed E-state index contributed by atoms with van der Waals surface area (Å²) in [4.78, 5) is 0. The second-order valence-corrected chi connectivity index (χ2v) is 7.03. The summed E-state index contributed by atoms with van der Waals surface area (Å²) in [7, 11) is 0. The third kappa shape index (κ3) is 4.26. The predicted octanol–water partition coefficient (Wildman–Crippen LogP) is 5.01. The molecule has 0 heterocycles. The lowest BCUT2D eigenvalue weighted by Gasteiger charge is -2.41. The predicted molar refractivity (Wildman–Crippen MR) is 81.9 cm³/mol. The van der Waals surface area contributed by atoms with Crippen LogP contribution in [0.5, 0.6) is 0 Å². The Morgan fingerprint density at radius 1 is 1.06 bits per heavy atom. The van der Waals surface area contributed by atoms with E-state index in [-0.39, 0.29) is 0 Å². The fourth-order valence-electron chi connectivity index (χ4n) is 3.95. The Morgan fingerprint density at radius 3 is 2.11 bits per heavy atom. The minimum absolute atomic E-state index is 0.605. The van der Waals surface area contributed by atoms with E-state index < -0.39 is 0 Å². The first-order valence-corrected chi connectivity index (χ1v) is 8.27. The zero-order valence-corrected chi connectivity index (χ0v) is 13.4. The van der Waals surface area contributed by atoms with Gasteiger partial charge in [-0.05, 0) is 49.5 Å². The summed E-state index contributed by atoms with van der Waals surface area (Å²) in [5.74, 6) is 1.69. The lowest BCUT2D eigenvalue weighted by Crippen LogP contribution is -2.45. The van der Waals surface area contributed by atoms with Crippen LogP contribution in [-0.2, 0) is 0 Å². The summed E-state index contributed by atoms with van der Waals surface area (Å²) in [6.07, 6.45) is 9.93. The fourth-order valence-corrected chi connectivity index (χ4v) is 3.95. The quantitative estimate of drug-likeness (QED) is 0.641. The summed E-state index contributed by atoms with van der Waals surface area (Å²) >= 11 is 0. The van der Waals surface area contributed by atoms with Gasteiger partial charge in [0.05, 0.1) is 0 Å². The molecule has 0 radical (unpaired) electrons. The van der Waals surface area contributed by atoms with Crippen LogP contribution in [0.3, 0.4) is 0 Å². The van der Waals surface area contributed by atoms with Crippen LogP contribution in [0, 0.1) is 17.3 Å². The molecular formula is C17H35N. The van der Waals surface area contributed by atoms with Gasteiger partial charge in [0, 0.05) is 6.04 Å². The zero-order valence-electron chi connectivity index (χ0n) is 13.4. The van der Waals surface area contributed by atoms with Gasteiger partial charge in [-0.15, -0.1) is 0 Å². The van der Waals surface area contributed by atoms with Crippen LogP contribution < -0.4 is 5.32 Å². The molecule has 0 bridgehead atoms. The summed E-state index contributed by atoms with van der Waals surface area (Å²) in [6.45, 7) is 12.9. The van der Waals surface area contributed by atoms with Crippen molar-refractivity contribution in [3.8, 4) is 0 Å². The van der Waals surface area contributed by atoms with Crippen molar-refractivity contribution in [2.24, 2.45) is 17.3 Å². The largest absolute Gasteiger partial charge is 0.314 e. The highest BCUT2D eigenvalue weighted by atomic mass is 14.9. The second-order valence-electron chi connectivity index (χ2n) is 7.03. The summed E-state index contributed by atoms with van der Waals surface area (Å²) in [5.41, 5.74) is 0.605. The Bertz CT molecular complexity index is 216. The van der Waals surface area contributed by atoms with E-state index in [9.17, 15) is 0 Å². The van der Waals surface area contributed by atoms with Crippen molar-refractivity contribution < 1.29 is 0 Å². The smallest absolute Gasteiger partial charge is 0.0126 e. The fraction of sp³-hybridized carbons (Fsp3) is 1.00. The highest BCUT2D eigenvalue weighted by Gasteiger charge is 2.41. The molecule has 1 rings (SSSR count). The molecule has 18 heavy (non-hydrogen) atoms. The molecule has 0 spiro atoms. The van der Waals surface area contributed by atoms with Crippen molar-refractivity contribution in [1.82, 2.24) is 5.32 Å². The first-order chi connectivity index (χ1) is 8.54. The van der Waals surface area contributed by atoms with Crippen molar-refractivity contribution >= 4 is 0 Å². The molecule has 1 N–H and O–H groups in total. The maximum absolute atomic E-state index is 3.84. The first-order valence-electron chi connectivity index (χ1n) is 8.27. The Hall–Kier alpha value is -0.0400. The zero-order chi connectivity index (χ0) is 13.6. The van der Waals surface area contributed by atoms with Crippen LogP contribution >= 0.6 is 0 Å². The van der Waals surface area contributed by atoms with Gasteiger partial charge in [0.2, 0.25) is 0 Å². The van der Waals surface area contributed by atoms with Crippen molar-refractivity contribution in [3.05, 3.63) is 0 Å². The van der Waals surface area contributed by atoms with Gasteiger partial charge < -0.3 is 5.32 Å². The monoisotopic (exact) mass is 253 g/mol. The molecule has 0 amide bonds. The highest BCUT2D eigenvalue weighted by molar-refractivity contribution is 4.95. The molecule has 0 aliphatic heterocycles. The van der Waals surface area contributed by atoms with E-state index in [0.717, 1.165) is 24.4 Å². The average molecular weight is 253 g/mol. The maximum Gasteiger partial charge on any atom is 0.0126 e. The number of hydrogen-bond donors (Lipinski definition) is 1. The summed E-state index contributed by atoms with van der Waals surface area (Å²) < 4.78 is 0. The van der Waals surface area contributed by atoms with E-state index in [1.165, 1.54) is 44.9 Å². The molecule has 0 saturated heterocycles. The van der Waals surface area contributed by atoms with Gasteiger partial charge in [-0.1, -0.05) is 53.9 Å². The van der Waals surface area contributed by atoms with Gasteiger partial charge in [0.15, 0.2) is 0 Å². The molecule has 2 atom stereocenters. The van der Waals surface area contributed by atoms with Gasteiger partial charge >= 0.3 is 0 Å². The third-order valence-electron chi connectivity index (χ3n) is 4.94. The second kappa shape index (κ2) is 7.53. The minimum Gasteiger partial charge on any atom is -0.314 e. The minimum atomic E-state index is 0.605. The Morgan fingerprint density at radius 2 is 1.67 bits per heavy atom. The molecule has 0 aromatic carbocycles. The number of nitrogens with one attached hydrogen (secondary N) is 1. The number of hydrogen-bond acceptors (Lipinski definition) is 1. The molecule has 1 nitrogen and oxygen atoms in total. The van der Waals surface area contributed by atoms with E-state index in [2.05, 4.69) is 39.9 Å². The van der Waals surface area contributed by atoms with Crippen molar-refractivity contribution in [2.75, 3.05) is 6.54 Å². The van der Waals surface area contributed by atoms with Crippen LogP contribution in [0.15, 0.2) is 0 Å². The normalized spacial score (nSPS) is 22.3. The van der Waals surface area contributed by atoms with Crippen molar-refractivity contribution in [1.29, 1.82) is 0 Å². The molecule has 108 valence electrons. The Labute approximate surface area is 115 Å². The van der Waals surface area contributed by atoms with E-state index in [0.29, 0.717) is 5.41 Å². The van der Waals surface area contributed by atoms with Gasteiger partial charge in [-0.3, -0.25) is 0 Å². The molecule has 1 heteroatoms. The topological polar surface area (TPSA) is 12.0 Å². The molecule has 1 aliphatic carbocycles. The van der Waals surface area contributed by atoms with Crippen LogP contribution in [0.25, 0.3) is 0 Å². The van der Waals surface area contributed by atoms with E-state index in [1.54, 1.807) is 0 Å². The summed E-state index contributed by atoms with van der Waals surface area (Å²) in [6, 6.07) is 0.752. The Kier molecular flexibility index (Phi) is 6.70. The third-order valence-corrected chi connectivity index (χ3v) is 4.94. The van der Waals surface area contributed by atoms with Crippen molar-refractivity contribution in [3.63, 3.8) is 0 Å². The van der Waals surface area contributed by atoms with Gasteiger partial charge in [0.1, 0.15) is 0 Å². The molecule has 1 fully saturated rings. The molecule has 0 aromatic rings. The lowest BCUT2D eigenvalue weighted by molar-refractivity contribution is 0.136. The molecule has 2 unspecified atom stereocenters. The lowest BCUT2D eigenvalue weighted by atomic mass is 9.70. The van der Waals surface area contributed by atoms with Gasteiger partial charge in [-0.2, -0.15) is 0 Å². The van der Waals surface area contributed by atoms with Crippen LogP contribution in [0.1, 0.15) is 79.6 Å². The van der Waals surface area contributed by atoms with Gasteiger partial charge in [-0.25, -0.2) is 0 Å². The molecule has 1 aliphatic rings. The first kappa shape index (κ1) is 16.0. The molecule has 1 saturated carbocycles. The Balaban J connectivity index is 2.76. The van der Waals surface area contributed by atoms with E-state index in [4.69, 9.17) is 0 Å². The molecular weight excluding hydrogens is 218 g/mol. The van der Waals surface area contributed by atoms with E-state index >= 15 is 0 Å². The van der Waals surface area contributed by atoms with Crippen molar-refractivity contribution in [2.45, 2.75) is 85.6 Å². The number of rotatable bonds is 8. The molecule has 0 aromatic heterocycles. The van der Waals surface area contributed by atoms with Gasteiger partial charge in [0.25, 0.3) is 0 Å². The SMILES string of the molecule is CCNC(CC(C)CC)C1(CC(C)C)CCCC1. The maximum atomic E-state index is 3.84. The van der Waals surface area contributed by atoms with Crippen LogP contribution in [0.2, 0.25) is 0 Å². The van der Waals surface area contributed by atoms with E-state index in [1.807, 2.05) is 0 Å². The standard InChI is InChI=1S/C17H35N/c1-6-15(5)12-16(18-7-2)17(13-14(3)4)10-8-9-11-17/h14-16,18H,6-13H2,1-5H3. The summed E-state index contributed by atoms with van der Waals surface area (Å²) in [5, 5.41) is 3.84.